The quantitative estimate of drug-likeness (QED) is 0.771. The summed E-state index contributed by atoms with van der Waals surface area (Å²) in [7, 11) is 4.04. The maximum absolute atomic E-state index is 11.4. The summed E-state index contributed by atoms with van der Waals surface area (Å²) in [6.07, 6.45) is 4.48. The monoisotopic (exact) mass is 261 g/mol. The van der Waals surface area contributed by atoms with Crippen LogP contribution >= 0.6 is 0 Å². The molecule has 2 amide bonds. The number of hydrogen-bond donors (Lipinski definition) is 2. The zero-order valence-electron chi connectivity index (χ0n) is 11.9. The zero-order valence-corrected chi connectivity index (χ0v) is 11.9. The summed E-state index contributed by atoms with van der Waals surface area (Å²) in [4.78, 5) is 13.5. The van der Waals surface area contributed by atoms with Crippen LogP contribution < -0.4 is 10.6 Å². The molecule has 0 fully saturated rings. The van der Waals surface area contributed by atoms with Gasteiger partial charge in [-0.3, -0.25) is 0 Å². The lowest BCUT2D eigenvalue weighted by Crippen LogP contribution is -2.33. The number of nitrogens with zero attached hydrogens (tertiary/aromatic N) is 1. The van der Waals surface area contributed by atoms with E-state index in [1.165, 1.54) is 5.56 Å². The number of aryl methyl sites for hydroxylation is 1. The second kappa shape index (κ2) is 8.32. The molecule has 0 atom stereocenters. The second-order valence-electron chi connectivity index (χ2n) is 4.80. The van der Waals surface area contributed by atoms with Gasteiger partial charge in [-0.2, -0.15) is 0 Å². The largest absolute Gasteiger partial charge is 0.338 e. The van der Waals surface area contributed by atoms with E-state index in [0.717, 1.165) is 18.5 Å². The summed E-state index contributed by atoms with van der Waals surface area (Å²) in [5.74, 6) is 0. The molecule has 4 heteroatoms. The van der Waals surface area contributed by atoms with E-state index in [1.54, 1.807) is 6.20 Å². The summed E-state index contributed by atoms with van der Waals surface area (Å²) >= 11 is 0. The molecule has 0 radical (unpaired) electrons. The van der Waals surface area contributed by atoms with E-state index in [-0.39, 0.29) is 6.03 Å². The minimum absolute atomic E-state index is 0.165. The third kappa shape index (κ3) is 7.26. The Morgan fingerprint density at radius 2 is 1.95 bits per heavy atom. The van der Waals surface area contributed by atoms with Crippen molar-refractivity contribution in [3.8, 4) is 0 Å². The van der Waals surface area contributed by atoms with E-state index >= 15 is 0 Å². The molecule has 0 saturated heterocycles. The Bertz CT molecular complexity index is 410. The number of carbonyl (C=O) groups excluding carboxylic acids is 1. The van der Waals surface area contributed by atoms with Crippen molar-refractivity contribution in [2.45, 2.75) is 13.3 Å². The third-order valence-corrected chi connectivity index (χ3v) is 2.64. The summed E-state index contributed by atoms with van der Waals surface area (Å²) in [6, 6.07) is 7.95. The molecule has 1 rings (SSSR count). The normalized spacial score (nSPS) is 10.9. The Kier molecular flexibility index (Phi) is 6.68. The van der Waals surface area contributed by atoms with Crippen molar-refractivity contribution in [2.75, 3.05) is 27.2 Å². The number of nitrogens with one attached hydrogen (secondary N) is 2. The fourth-order valence-corrected chi connectivity index (χ4v) is 1.54. The van der Waals surface area contributed by atoms with E-state index in [1.807, 2.05) is 51.4 Å². The molecule has 1 aromatic carbocycles. The van der Waals surface area contributed by atoms with Crippen LogP contribution in [0.25, 0.3) is 6.08 Å². The molecule has 0 bridgehead atoms. The molecule has 0 saturated carbocycles. The van der Waals surface area contributed by atoms with Crippen molar-refractivity contribution in [1.29, 1.82) is 0 Å². The number of carbonyl (C=O) groups is 1. The predicted octanol–water partition coefficient (Wildman–Crippen LogP) is 2.22. The summed E-state index contributed by atoms with van der Waals surface area (Å²) < 4.78 is 0. The van der Waals surface area contributed by atoms with E-state index < -0.39 is 0 Å². The Balaban J connectivity index is 2.20. The molecule has 0 aromatic heterocycles. The molecule has 0 aliphatic heterocycles. The Labute approximate surface area is 115 Å². The van der Waals surface area contributed by atoms with E-state index in [9.17, 15) is 4.79 Å². The van der Waals surface area contributed by atoms with Gasteiger partial charge in [0.2, 0.25) is 0 Å². The van der Waals surface area contributed by atoms with Crippen LogP contribution in [0.2, 0.25) is 0 Å². The van der Waals surface area contributed by atoms with Crippen LogP contribution in [-0.2, 0) is 0 Å². The van der Waals surface area contributed by atoms with Crippen molar-refractivity contribution >= 4 is 12.1 Å². The van der Waals surface area contributed by atoms with Crippen LogP contribution in [0, 0.1) is 6.92 Å². The van der Waals surface area contributed by atoms with Gasteiger partial charge in [-0.05, 0) is 45.6 Å². The lowest BCUT2D eigenvalue weighted by molar-refractivity contribution is 0.243. The lowest BCUT2D eigenvalue weighted by Gasteiger charge is -2.09. The fourth-order valence-electron chi connectivity index (χ4n) is 1.54. The van der Waals surface area contributed by atoms with Gasteiger partial charge in [0.25, 0.3) is 0 Å². The van der Waals surface area contributed by atoms with Crippen LogP contribution in [0.5, 0.6) is 0 Å². The molecule has 19 heavy (non-hydrogen) atoms. The summed E-state index contributed by atoms with van der Waals surface area (Å²) in [5, 5.41) is 5.50. The summed E-state index contributed by atoms with van der Waals surface area (Å²) in [6.45, 7) is 3.70. The topological polar surface area (TPSA) is 44.4 Å². The van der Waals surface area contributed by atoms with Crippen molar-refractivity contribution < 1.29 is 4.79 Å². The highest BCUT2D eigenvalue weighted by atomic mass is 16.2. The predicted molar refractivity (Wildman–Crippen MR) is 79.9 cm³/mol. The van der Waals surface area contributed by atoms with E-state index in [4.69, 9.17) is 0 Å². The van der Waals surface area contributed by atoms with Crippen molar-refractivity contribution in [3.05, 3.63) is 41.6 Å². The van der Waals surface area contributed by atoms with Gasteiger partial charge >= 0.3 is 6.03 Å². The first-order chi connectivity index (χ1) is 9.08. The number of rotatable bonds is 6. The van der Waals surface area contributed by atoms with Gasteiger partial charge in [0.05, 0.1) is 0 Å². The molecule has 2 N–H and O–H groups in total. The van der Waals surface area contributed by atoms with Gasteiger partial charge in [-0.25, -0.2) is 4.79 Å². The lowest BCUT2D eigenvalue weighted by atomic mass is 10.1. The van der Waals surface area contributed by atoms with Crippen LogP contribution in [0.4, 0.5) is 4.79 Å². The number of hydrogen-bond acceptors (Lipinski definition) is 2. The Hall–Kier alpha value is -1.81. The molecule has 0 spiro atoms. The molecule has 4 nitrogen and oxygen atoms in total. The number of urea groups is 1. The molecular formula is C15H23N3O. The Morgan fingerprint density at radius 1 is 1.26 bits per heavy atom. The van der Waals surface area contributed by atoms with Gasteiger partial charge < -0.3 is 15.5 Å². The molecule has 0 unspecified atom stereocenters. The maximum Gasteiger partial charge on any atom is 0.318 e. The molecule has 104 valence electrons. The van der Waals surface area contributed by atoms with Crippen molar-refractivity contribution in [2.24, 2.45) is 0 Å². The molecular weight excluding hydrogens is 238 g/mol. The highest BCUT2D eigenvalue weighted by Gasteiger charge is 1.96. The Morgan fingerprint density at radius 3 is 2.58 bits per heavy atom. The molecule has 0 aliphatic carbocycles. The number of amides is 2. The van der Waals surface area contributed by atoms with Gasteiger partial charge in [0.15, 0.2) is 0 Å². The average Bonchev–Trinajstić information content (AvgIpc) is 2.37. The van der Waals surface area contributed by atoms with Crippen LogP contribution in [0.1, 0.15) is 17.5 Å². The molecule has 1 aromatic rings. The zero-order chi connectivity index (χ0) is 14.1. The van der Waals surface area contributed by atoms with Gasteiger partial charge in [0.1, 0.15) is 0 Å². The van der Waals surface area contributed by atoms with Gasteiger partial charge in [-0.1, -0.05) is 29.8 Å². The first-order valence-corrected chi connectivity index (χ1v) is 6.50. The van der Waals surface area contributed by atoms with Gasteiger partial charge in [-0.15, -0.1) is 0 Å². The van der Waals surface area contributed by atoms with Crippen molar-refractivity contribution in [3.63, 3.8) is 0 Å². The van der Waals surface area contributed by atoms with Crippen LogP contribution in [0.15, 0.2) is 30.5 Å². The van der Waals surface area contributed by atoms with Crippen molar-refractivity contribution in [1.82, 2.24) is 15.5 Å². The molecule has 0 aliphatic rings. The standard InChI is InChI=1S/C15H23N3O/c1-13-5-7-14(8-6-13)9-11-17-15(19)16-10-4-12-18(2)3/h5-9,11H,4,10,12H2,1-3H3,(H2,16,17,19)/b11-9+. The smallest absolute Gasteiger partial charge is 0.318 e. The minimum Gasteiger partial charge on any atom is -0.338 e. The summed E-state index contributed by atoms with van der Waals surface area (Å²) in [5.41, 5.74) is 2.29. The van der Waals surface area contributed by atoms with Gasteiger partial charge in [0, 0.05) is 12.7 Å². The SMILES string of the molecule is Cc1ccc(/C=C/NC(=O)NCCCN(C)C)cc1. The molecule has 0 heterocycles. The average molecular weight is 261 g/mol. The first kappa shape index (κ1) is 15.2. The second-order valence-corrected chi connectivity index (χ2v) is 4.80. The highest BCUT2D eigenvalue weighted by molar-refractivity contribution is 5.75. The van der Waals surface area contributed by atoms with E-state index in [2.05, 4.69) is 15.5 Å². The minimum atomic E-state index is -0.165. The highest BCUT2D eigenvalue weighted by Crippen LogP contribution is 2.03. The maximum atomic E-state index is 11.4. The first-order valence-electron chi connectivity index (χ1n) is 6.50. The third-order valence-electron chi connectivity index (χ3n) is 2.64. The van der Waals surface area contributed by atoms with Crippen LogP contribution in [-0.4, -0.2) is 38.1 Å². The fraction of sp³-hybridized carbons (Fsp3) is 0.400. The number of benzene rings is 1. The van der Waals surface area contributed by atoms with E-state index in [0.29, 0.717) is 6.54 Å². The van der Waals surface area contributed by atoms with Crippen LogP contribution in [0.3, 0.4) is 0 Å².